The Morgan fingerprint density at radius 1 is 0.300 bits per heavy atom. The van der Waals surface area contributed by atoms with E-state index in [1.807, 2.05) is 6.20 Å². The van der Waals surface area contributed by atoms with Crippen molar-refractivity contribution in [3.63, 3.8) is 0 Å². The van der Waals surface area contributed by atoms with Crippen molar-refractivity contribution in [2.45, 2.75) is 0 Å². The SMILES string of the molecule is c1ccc(-c2ccc(-n3c4ccccc4c4cc(-c5ccc6c(c5)c5ccccc5n6-c5cccc(-c6ccccc6)c5)cnc43)cc2)cc1. The van der Waals surface area contributed by atoms with Gasteiger partial charge in [-0.3, -0.25) is 4.57 Å². The van der Waals surface area contributed by atoms with Crippen LogP contribution in [0.5, 0.6) is 0 Å². The number of hydrogen-bond donors (Lipinski definition) is 0. The number of rotatable bonds is 5. The largest absolute Gasteiger partial charge is 0.309 e. The zero-order chi connectivity index (χ0) is 33.0. The first-order valence-corrected chi connectivity index (χ1v) is 17.0. The molecule has 0 atom stereocenters. The third kappa shape index (κ3) is 4.56. The third-order valence-corrected chi connectivity index (χ3v) is 9.96. The molecule has 0 bridgehead atoms. The summed E-state index contributed by atoms with van der Waals surface area (Å²) >= 11 is 0. The summed E-state index contributed by atoms with van der Waals surface area (Å²) in [6.07, 6.45) is 2.03. The molecule has 0 radical (unpaired) electrons. The van der Waals surface area contributed by atoms with Gasteiger partial charge in [0.1, 0.15) is 5.65 Å². The van der Waals surface area contributed by atoms with Crippen molar-refractivity contribution in [3.8, 4) is 44.8 Å². The molecule has 10 aromatic rings. The first-order valence-electron chi connectivity index (χ1n) is 17.0. The van der Waals surface area contributed by atoms with Crippen LogP contribution in [0.1, 0.15) is 0 Å². The van der Waals surface area contributed by atoms with E-state index in [0.29, 0.717) is 0 Å². The molecule has 0 spiro atoms. The van der Waals surface area contributed by atoms with Crippen LogP contribution in [-0.4, -0.2) is 14.1 Å². The summed E-state index contributed by atoms with van der Waals surface area (Å²) in [6.45, 7) is 0. The van der Waals surface area contributed by atoms with Gasteiger partial charge in [0.15, 0.2) is 0 Å². The lowest BCUT2D eigenvalue weighted by molar-refractivity contribution is 1.14. The summed E-state index contributed by atoms with van der Waals surface area (Å²) in [5.74, 6) is 0. The minimum absolute atomic E-state index is 0.957. The number of fused-ring (bicyclic) bond motifs is 6. The monoisotopic (exact) mass is 637 g/mol. The van der Waals surface area contributed by atoms with Crippen LogP contribution in [0.15, 0.2) is 188 Å². The van der Waals surface area contributed by atoms with Crippen molar-refractivity contribution in [1.29, 1.82) is 0 Å². The highest BCUT2D eigenvalue weighted by Crippen LogP contribution is 2.38. The van der Waals surface area contributed by atoms with Gasteiger partial charge in [-0.25, -0.2) is 4.98 Å². The first-order chi connectivity index (χ1) is 24.8. The second-order valence-corrected chi connectivity index (χ2v) is 12.9. The number of benzene rings is 7. The molecular weight excluding hydrogens is 607 g/mol. The lowest BCUT2D eigenvalue weighted by atomic mass is 10.0. The molecule has 0 aliphatic rings. The van der Waals surface area contributed by atoms with E-state index < -0.39 is 0 Å². The Bertz CT molecular complexity index is 2840. The molecule has 3 heteroatoms. The molecule has 0 saturated heterocycles. The maximum Gasteiger partial charge on any atom is 0.145 e. The minimum Gasteiger partial charge on any atom is -0.309 e. The van der Waals surface area contributed by atoms with Gasteiger partial charge < -0.3 is 4.57 Å². The second-order valence-electron chi connectivity index (χ2n) is 12.9. The average molecular weight is 638 g/mol. The number of nitrogens with zero attached hydrogens (tertiary/aromatic N) is 3. The molecule has 3 aromatic heterocycles. The van der Waals surface area contributed by atoms with Gasteiger partial charge in [0.2, 0.25) is 0 Å². The minimum atomic E-state index is 0.957. The van der Waals surface area contributed by atoms with Crippen LogP contribution in [0.2, 0.25) is 0 Å². The zero-order valence-electron chi connectivity index (χ0n) is 27.2. The molecule has 3 nitrogen and oxygen atoms in total. The Morgan fingerprint density at radius 3 is 1.56 bits per heavy atom. The van der Waals surface area contributed by atoms with Crippen LogP contribution in [0, 0.1) is 0 Å². The van der Waals surface area contributed by atoms with Crippen LogP contribution < -0.4 is 0 Å². The Morgan fingerprint density at radius 2 is 0.820 bits per heavy atom. The van der Waals surface area contributed by atoms with E-state index in [9.17, 15) is 0 Å². The number of hydrogen-bond acceptors (Lipinski definition) is 1. The van der Waals surface area contributed by atoms with Gasteiger partial charge in [-0.1, -0.05) is 127 Å². The molecule has 0 saturated carbocycles. The van der Waals surface area contributed by atoms with E-state index in [1.165, 1.54) is 49.4 Å². The lowest BCUT2D eigenvalue weighted by Gasteiger charge is -2.11. The molecule has 7 aromatic carbocycles. The fraction of sp³-hybridized carbons (Fsp3) is 0. The topological polar surface area (TPSA) is 22.8 Å². The highest BCUT2D eigenvalue weighted by atomic mass is 15.0. The van der Waals surface area contributed by atoms with E-state index >= 15 is 0 Å². The second kappa shape index (κ2) is 11.5. The molecule has 0 unspecified atom stereocenters. The van der Waals surface area contributed by atoms with Crippen molar-refractivity contribution >= 4 is 43.7 Å². The highest BCUT2D eigenvalue weighted by molar-refractivity contribution is 6.12. The molecule has 234 valence electrons. The Kier molecular flexibility index (Phi) is 6.49. The van der Waals surface area contributed by atoms with E-state index in [2.05, 4.69) is 191 Å². The highest BCUT2D eigenvalue weighted by Gasteiger charge is 2.17. The summed E-state index contributed by atoms with van der Waals surface area (Å²) in [6, 6.07) is 65.2. The summed E-state index contributed by atoms with van der Waals surface area (Å²) in [4.78, 5) is 5.14. The maximum atomic E-state index is 5.14. The average Bonchev–Trinajstić information content (AvgIpc) is 3.71. The van der Waals surface area contributed by atoms with Gasteiger partial charge in [0.25, 0.3) is 0 Å². The van der Waals surface area contributed by atoms with Crippen molar-refractivity contribution in [3.05, 3.63) is 188 Å². The lowest BCUT2D eigenvalue weighted by Crippen LogP contribution is -1.95. The predicted molar refractivity (Wildman–Crippen MR) is 209 cm³/mol. The molecule has 3 heterocycles. The predicted octanol–water partition coefficient (Wildman–Crippen LogP) is 12.3. The van der Waals surface area contributed by atoms with E-state index in [1.54, 1.807) is 0 Å². The Labute approximate surface area is 290 Å². The van der Waals surface area contributed by atoms with E-state index in [-0.39, 0.29) is 0 Å². The molecule has 10 rings (SSSR count). The van der Waals surface area contributed by atoms with Crippen LogP contribution in [0.3, 0.4) is 0 Å². The summed E-state index contributed by atoms with van der Waals surface area (Å²) < 4.78 is 4.67. The van der Waals surface area contributed by atoms with Gasteiger partial charge in [-0.15, -0.1) is 0 Å². The van der Waals surface area contributed by atoms with Crippen LogP contribution in [0.4, 0.5) is 0 Å². The van der Waals surface area contributed by atoms with E-state index in [4.69, 9.17) is 4.98 Å². The Hall–Kier alpha value is -6.71. The summed E-state index contributed by atoms with van der Waals surface area (Å²) in [5, 5.41) is 4.80. The Balaban J connectivity index is 1.10. The van der Waals surface area contributed by atoms with Gasteiger partial charge >= 0.3 is 0 Å². The van der Waals surface area contributed by atoms with Crippen LogP contribution in [0.25, 0.3) is 88.5 Å². The molecule has 0 fully saturated rings. The molecule has 0 N–H and O–H groups in total. The third-order valence-electron chi connectivity index (χ3n) is 9.96. The van der Waals surface area contributed by atoms with Crippen LogP contribution in [-0.2, 0) is 0 Å². The van der Waals surface area contributed by atoms with Crippen molar-refractivity contribution < 1.29 is 0 Å². The van der Waals surface area contributed by atoms with Gasteiger partial charge in [-0.05, 0) is 82.4 Å². The summed E-state index contributed by atoms with van der Waals surface area (Å²) in [7, 11) is 0. The molecule has 0 aliphatic carbocycles. The van der Waals surface area contributed by atoms with E-state index in [0.717, 1.165) is 39.1 Å². The normalized spacial score (nSPS) is 11.6. The van der Waals surface area contributed by atoms with Crippen molar-refractivity contribution in [1.82, 2.24) is 14.1 Å². The fourth-order valence-corrected chi connectivity index (χ4v) is 7.58. The van der Waals surface area contributed by atoms with Crippen molar-refractivity contribution in [2.75, 3.05) is 0 Å². The first kappa shape index (κ1) is 28.3. The maximum absolute atomic E-state index is 5.14. The number of para-hydroxylation sites is 2. The quantitative estimate of drug-likeness (QED) is 0.184. The smallest absolute Gasteiger partial charge is 0.145 e. The molecule has 0 amide bonds. The number of pyridine rings is 1. The fourth-order valence-electron chi connectivity index (χ4n) is 7.58. The molecular formula is C47H31N3. The standard InChI is InChI=1S/C47H31N3/c1-3-12-32(13-4-1)34-22-25-38(26-23-34)50-45-21-10-8-19-41(45)43-30-37(31-48-47(43)50)36-24-27-46-42(29-36)40-18-7-9-20-44(40)49(46)39-17-11-16-35(28-39)33-14-5-2-6-15-33/h1-31H. The van der Waals surface area contributed by atoms with Crippen molar-refractivity contribution in [2.24, 2.45) is 0 Å². The van der Waals surface area contributed by atoms with Gasteiger partial charge in [0.05, 0.1) is 16.6 Å². The zero-order valence-corrected chi connectivity index (χ0v) is 27.2. The molecule has 50 heavy (non-hydrogen) atoms. The number of aromatic nitrogens is 3. The molecule has 0 aliphatic heterocycles. The van der Waals surface area contributed by atoms with Gasteiger partial charge in [-0.2, -0.15) is 0 Å². The van der Waals surface area contributed by atoms with Crippen LogP contribution >= 0.6 is 0 Å². The van der Waals surface area contributed by atoms with Gasteiger partial charge in [0, 0.05) is 44.7 Å². The summed E-state index contributed by atoms with van der Waals surface area (Å²) in [5.41, 5.74) is 13.8.